The van der Waals surface area contributed by atoms with Crippen molar-refractivity contribution >= 4 is 23.0 Å². The Morgan fingerprint density at radius 1 is 1.15 bits per heavy atom. The fourth-order valence-corrected chi connectivity index (χ4v) is 3.65. The number of benzene rings is 1. The molecule has 0 unspecified atom stereocenters. The Bertz CT molecular complexity index is 801. The molecule has 2 N–H and O–H groups in total. The van der Waals surface area contributed by atoms with Crippen LogP contribution in [0.25, 0.3) is 0 Å². The van der Waals surface area contributed by atoms with Gasteiger partial charge in [-0.3, -0.25) is 9.59 Å². The molecule has 1 aliphatic heterocycles. The molecule has 0 bridgehead atoms. The van der Waals surface area contributed by atoms with Crippen LogP contribution in [-0.2, 0) is 9.53 Å². The van der Waals surface area contributed by atoms with E-state index in [1.165, 1.54) is 16.2 Å². The summed E-state index contributed by atoms with van der Waals surface area (Å²) in [6, 6.07) is 11.9. The summed E-state index contributed by atoms with van der Waals surface area (Å²) in [5.74, 6) is -1.45. The highest BCUT2D eigenvalue weighted by Crippen LogP contribution is 2.39. The van der Waals surface area contributed by atoms with E-state index >= 15 is 0 Å². The molecule has 1 atom stereocenters. The Morgan fingerprint density at radius 3 is 2.58 bits per heavy atom. The minimum Gasteiger partial charge on any atom is -0.503 e. The van der Waals surface area contributed by atoms with Gasteiger partial charge < -0.3 is 19.8 Å². The summed E-state index contributed by atoms with van der Waals surface area (Å²) in [6.07, 6.45) is 0. The Balaban J connectivity index is 1.95. The van der Waals surface area contributed by atoms with Gasteiger partial charge in [-0.2, -0.15) is 0 Å². The standard InChI is InChI=1S/C19H19NO5S/c21-9-11-25-10-8-20-16(13-5-2-1-3-6-13)15(18(23)19(20)24)17(22)14-7-4-12-26-14/h1-7,12,16,21,23H,8-11H2/t16-/m1/s1. The van der Waals surface area contributed by atoms with Gasteiger partial charge >= 0.3 is 0 Å². The highest BCUT2D eigenvalue weighted by molar-refractivity contribution is 7.12. The second-order valence-corrected chi connectivity index (χ2v) is 6.66. The summed E-state index contributed by atoms with van der Waals surface area (Å²) in [4.78, 5) is 27.4. The number of thiophene rings is 1. The van der Waals surface area contributed by atoms with E-state index in [0.717, 1.165) is 5.56 Å². The number of hydrogen-bond acceptors (Lipinski definition) is 6. The third kappa shape index (κ3) is 3.55. The largest absolute Gasteiger partial charge is 0.503 e. The Morgan fingerprint density at radius 2 is 1.92 bits per heavy atom. The molecule has 2 heterocycles. The number of amides is 1. The zero-order valence-corrected chi connectivity index (χ0v) is 14.8. The zero-order chi connectivity index (χ0) is 18.5. The Kier molecular flexibility index (Phi) is 5.82. The molecule has 0 saturated heterocycles. The molecule has 0 spiro atoms. The second-order valence-electron chi connectivity index (χ2n) is 5.72. The highest BCUT2D eigenvalue weighted by atomic mass is 32.1. The summed E-state index contributed by atoms with van der Waals surface area (Å²) >= 11 is 1.27. The van der Waals surface area contributed by atoms with Crippen molar-refractivity contribution < 1.29 is 24.5 Å². The molecule has 0 saturated carbocycles. The third-order valence-electron chi connectivity index (χ3n) is 4.12. The van der Waals surface area contributed by atoms with E-state index in [4.69, 9.17) is 9.84 Å². The molecule has 0 radical (unpaired) electrons. The minimum atomic E-state index is -0.670. The molecule has 6 nitrogen and oxygen atoms in total. The quantitative estimate of drug-likeness (QED) is 0.548. The van der Waals surface area contributed by atoms with Crippen LogP contribution >= 0.6 is 11.3 Å². The molecular formula is C19H19NO5S. The normalized spacial score (nSPS) is 17.2. The summed E-state index contributed by atoms with van der Waals surface area (Å²) in [7, 11) is 0. The molecule has 3 rings (SSSR count). The first-order valence-electron chi connectivity index (χ1n) is 8.21. The average Bonchev–Trinajstić information content (AvgIpc) is 3.28. The molecule has 0 fully saturated rings. The Labute approximate surface area is 155 Å². The maximum absolute atomic E-state index is 12.9. The van der Waals surface area contributed by atoms with E-state index in [1.807, 2.05) is 30.3 Å². The highest BCUT2D eigenvalue weighted by Gasteiger charge is 2.43. The molecule has 26 heavy (non-hydrogen) atoms. The van der Waals surface area contributed by atoms with E-state index in [2.05, 4.69) is 0 Å². The number of carbonyl (C=O) groups is 2. The van der Waals surface area contributed by atoms with Crippen LogP contribution in [0.2, 0.25) is 0 Å². The number of carbonyl (C=O) groups excluding carboxylic acids is 2. The van der Waals surface area contributed by atoms with Gasteiger partial charge in [0, 0.05) is 6.54 Å². The van der Waals surface area contributed by atoms with Crippen molar-refractivity contribution in [3.8, 4) is 0 Å². The van der Waals surface area contributed by atoms with Crippen molar-refractivity contribution in [2.75, 3.05) is 26.4 Å². The lowest BCUT2D eigenvalue weighted by Crippen LogP contribution is -2.34. The van der Waals surface area contributed by atoms with Crippen LogP contribution in [0, 0.1) is 0 Å². The summed E-state index contributed by atoms with van der Waals surface area (Å²) in [6.45, 7) is 0.452. The number of rotatable bonds is 8. The van der Waals surface area contributed by atoms with Crippen LogP contribution in [0.3, 0.4) is 0 Å². The van der Waals surface area contributed by atoms with E-state index in [-0.39, 0.29) is 37.7 Å². The minimum absolute atomic E-state index is 0.0887. The predicted molar refractivity (Wildman–Crippen MR) is 97.1 cm³/mol. The van der Waals surface area contributed by atoms with E-state index in [9.17, 15) is 14.7 Å². The molecular weight excluding hydrogens is 354 g/mol. The van der Waals surface area contributed by atoms with Gasteiger partial charge in [0.15, 0.2) is 5.76 Å². The van der Waals surface area contributed by atoms with Gasteiger partial charge in [-0.25, -0.2) is 0 Å². The summed E-state index contributed by atoms with van der Waals surface area (Å²) in [5, 5.41) is 21.0. The Hall–Kier alpha value is -2.48. The van der Waals surface area contributed by atoms with Crippen LogP contribution in [0.5, 0.6) is 0 Å². The molecule has 136 valence electrons. The first kappa shape index (κ1) is 18.3. The van der Waals surface area contributed by atoms with E-state index in [1.54, 1.807) is 17.5 Å². The smallest absolute Gasteiger partial charge is 0.290 e. The van der Waals surface area contributed by atoms with Gasteiger partial charge in [-0.15, -0.1) is 11.3 Å². The van der Waals surface area contributed by atoms with Gasteiger partial charge in [0.05, 0.1) is 36.3 Å². The maximum atomic E-state index is 12.9. The monoisotopic (exact) mass is 373 g/mol. The zero-order valence-electron chi connectivity index (χ0n) is 14.0. The van der Waals surface area contributed by atoms with Crippen LogP contribution in [0.4, 0.5) is 0 Å². The van der Waals surface area contributed by atoms with Gasteiger partial charge in [-0.1, -0.05) is 36.4 Å². The number of nitrogens with zero attached hydrogens (tertiary/aromatic N) is 1. The lowest BCUT2D eigenvalue weighted by Gasteiger charge is -2.26. The number of hydrogen-bond donors (Lipinski definition) is 2. The van der Waals surface area contributed by atoms with Crippen molar-refractivity contribution in [3.05, 3.63) is 69.6 Å². The van der Waals surface area contributed by atoms with Crippen LogP contribution in [0.1, 0.15) is 21.3 Å². The third-order valence-corrected chi connectivity index (χ3v) is 4.99. The molecule has 0 aliphatic carbocycles. The second kappa shape index (κ2) is 8.27. The van der Waals surface area contributed by atoms with Crippen molar-refractivity contribution in [2.45, 2.75) is 6.04 Å². The van der Waals surface area contributed by atoms with E-state index in [0.29, 0.717) is 4.88 Å². The summed E-state index contributed by atoms with van der Waals surface area (Å²) < 4.78 is 5.25. The van der Waals surface area contributed by atoms with Gasteiger partial charge in [-0.05, 0) is 17.0 Å². The van der Waals surface area contributed by atoms with Crippen molar-refractivity contribution in [1.82, 2.24) is 4.90 Å². The first-order valence-corrected chi connectivity index (χ1v) is 9.09. The fourth-order valence-electron chi connectivity index (χ4n) is 2.97. The van der Waals surface area contributed by atoms with E-state index < -0.39 is 17.7 Å². The van der Waals surface area contributed by atoms with Gasteiger partial charge in [0.25, 0.3) is 5.91 Å². The molecule has 7 heteroatoms. The number of Topliss-reactive ketones (excluding diaryl/α,β-unsaturated/α-hetero) is 1. The lowest BCUT2D eigenvalue weighted by atomic mass is 9.95. The van der Waals surface area contributed by atoms with Gasteiger partial charge in [0.1, 0.15) is 0 Å². The van der Waals surface area contributed by atoms with Crippen LogP contribution in [-0.4, -0.2) is 53.2 Å². The van der Waals surface area contributed by atoms with Crippen LogP contribution < -0.4 is 0 Å². The van der Waals surface area contributed by atoms with Crippen molar-refractivity contribution in [3.63, 3.8) is 0 Å². The van der Waals surface area contributed by atoms with Crippen molar-refractivity contribution in [2.24, 2.45) is 0 Å². The number of aliphatic hydroxyl groups excluding tert-OH is 2. The predicted octanol–water partition coefficient (Wildman–Crippen LogP) is 2.34. The lowest BCUT2D eigenvalue weighted by molar-refractivity contribution is -0.130. The number of aliphatic hydroxyl groups is 2. The molecule has 1 amide bonds. The molecule has 2 aromatic rings. The summed E-state index contributed by atoms with van der Waals surface area (Å²) in [5.41, 5.74) is 0.831. The molecule has 1 aromatic carbocycles. The molecule has 1 aliphatic rings. The van der Waals surface area contributed by atoms with Crippen molar-refractivity contribution in [1.29, 1.82) is 0 Å². The first-order chi connectivity index (χ1) is 12.6. The average molecular weight is 373 g/mol. The molecule has 1 aromatic heterocycles. The maximum Gasteiger partial charge on any atom is 0.290 e. The topological polar surface area (TPSA) is 87.1 Å². The fraction of sp³-hybridized carbons (Fsp3) is 0.263. The number of ether oxygens (including phenoxy) is 1. The SMILES string of the molecule is O=C(C1=C(O)C(=O)N(CCOCCO)[C@@H]1c1ccccc1)c1cccs1. The number of ketones is 1. The van der Waals surface area contributed by atoms with Gasteiger partial charge in [0.2, 0.25) is 5.78 Å². The van der Waals surface area contributed by atoms with Crippen LogP contribution in [0.15, 0.2) is 59.2 Å².